The molecule has 0 unspecified atom stereocenters. The molecule has 4 radical (unpaired) electrons. The van der Waals surface area contributed by atoms with Gasteiger partial charge in [0.1, 0.15) is 10.2 Å². The van der Waals surface area contributed by atoms with Gasteiger partial charge in [-0.05, 0) is 0 Å². The number of rotatable bonds is 4. The molecule has 0 amide bonds. The third kappa shape index (κ3) is 2.78. The molecule has 0 aliphatic heterocycles. The first-order chi connectivity index (χ1) is 7.03. The summed E-state index contributed by atoms with van der Waals surface area (Å²) in [5, 5.41) is 1.41. The molecule has 0 bridgehead atoms. The predicted octanol–water partition coefficient (Wildman–Crippen LogP) is 1.22. The average molecular weight is 236 g/mol. The third-order valence-electron chi connectivity index (χ3n) is 2.42. The molecule has 1 rings (SSSR count). The average Bonchev–Trinajstić information content (AvgIpc) is 2.28. The first-order valence-electron chi connectivity index (χ1n) is 4.80. The second-order valence-electron chi connectivity index (χ2n) is 3.60. The van der Waals surface area contributed by atoms with Gasteiger partial charge in [-0.2, -0.15) is 0 Å². The van der Waals surface area contributed by atoms with E-state index in [4.69, 9.17) is 9.47 Å². The highest BCUT2D eigenvalue weighted by Gasteiger charge is 2.25. The lowest BCUT2D eigenvalue weighted by Gasteiger charge is -2.27. The molecule has 0 N–H and O–H groups in total. The maximum atomic E-state index is 5.27. The van der Waals surface area contributed by atoms with Crippen LogP contribution in [0.25, 0.3) is 0 Å². The van der Waals surface area contributed by atoms with Crippen LogP contribution in [-0.4, -0.2) is 33.3 Å². The van der Waals surface area contributed by atoms with E-state index in [1.807, 2.05) is 12.1 Å². The van der Waals surface area contributed by atoms with Crippen molar-refractivity contribution in [1.82, 2.24) is 0 Å². The Hall–Kier alpha value is -0.426. The van der Waals surface area contributed by atoms with Crippen LogP contribution in [0.5, 0.6) is 0 Å². The summed E-state index contributed by atoms with van der Waals surface area (Å²) in [4.78, 5) is 0. The normalized spacial score (nSPS) is 12.1. The van der Waals surface area contributed by atoms with Crippen LogP contribution in [0.2, 0.25) is 13.1 Å². The van der Waals surface area contributed by atoms with E-state index in [2.05, 4.69) is 35.5 Å². The molecular weight excluding hydrogens is 220 g/mol. The molecule has 0 spiro atoms. The number of hydrogen-bond acceptors (Lipinski definition) is 2. The molecule has 2 nitrogen and oxygen atoms in total. The first-order valence-corrected chi connectivity index (χ1v) is 7.80. The van der Waals surface area contributed by atoms with E-state index in [1.54, 1.807) is 14.2 Å². The molecule has 0 aliphatic carbocycles. The fourth-order valence-corrected chi connectivity index (χ4v) is 2.34. The molecule has 0 saturated heterocycles. The molecule has 1 aromatic rings. The minimum atomic E-state index is -0.826. The highest BCUT2D eigenvalue weighted by molar-refractivity contribution is 6.70. The van der Waals surface area contributed by atoms with E-state index < -0.39 is 5.41 Å². The Morgan fingerprint density at radius 2 is 1.53 bits per heavy atom. The Kier molecular flexibility index (Phi) is 4.27. The Bertz CT molecular complexity index is 305. The van der Waals surface area contributed by atoms with Crippen LogP contribution < -0.4 is 5.19 Å². The van der Waals surface area contributed by atoms with Crippen molar-refractivity contribution in [1.29, 1.82) is 0 Å². The monoisotopic (exact) mass is 236 g/mol. The summed E-state index contributed by atoms with van der Waals surface area (Å²) in [6.07, 6.45) is 0. The molecule has 0 fully saturated rings. The molecule has 0 heterocycles. The zero-order valence-electron chi connectivity index (χ0n) is 9.63. The highest BCUT2D eigenvalue weighted by Crippen LogP contribution is 2.20. The van der Waals surface area contributed by atoms with E-state index in [9.17, 15) is 0 Å². The fraction of sp³-hybridized carbons (Fsp3) is 0.455. The van der Waals surface area contributed by atoms with Crippen molar-refractivity contribution in [3.05, 3.63) is 29.8 Å². The maximum Gasteiger partial charge on any atom is 0.168 e. The van der Waals surface area contributed by atoms with Gasteiger partial charge < -0.3 is 9.47 Å². The quantitative estimate of drug-likeness (QED) is 0.578. The first kappa shape index (κ1) is 12.6. The molecule has 0 aliphatic rings. The summed E-state index contributed by atoms with van der Waals surface area (Å²) in [5.41, 5.74) is 0.142. The number of methoxy groups -OCH3 is 2. The molecular formula is C11H16O2Si2. The van der Waals surface area contributed by atoms with Gasteiger partial charge in [0.2, 0.25) is 0 Å². The smallest absolute Gasteiger partial charge is 0.168 e. The van der Waals surface area contributed by atoms with Gasteiger partial charge >= 0.3 is 0 Å². The van der Waals surface area contributed by atoms with E-state index in [1.165, 1.54) is 5.19 Å². The van der Waals surface area contributed by atoms with Gasteiger partial charge in [0.05, 0.1) is 8.80 Å². The van der Waals surface area contributed by atoms with Crippen molar-refractivity contribution >= 4 is 24.2 Å². The van der Waals surface area contributed by atoms with Crippen molar-refractivity contribution in [3.63, 3.8) is 0 Å². The summed E-state index contributed by atoms with van der Waals surface area (Å²) < 4.78 is 10.5. The minimum Gasteiger partial charge on any atom is -0.354 e. The lowest BCUT2D eigenvalue weighted by molar-refractivity contribution is -0.148. The van der Waals surface area contributed by atoms with Crippen LogP contribution in [0.3, 0.4) is 0 Å². The van der Waals surface area contributed by atoms with Gasteiger partial charge in [0.25, 0.3) is 0 Å². The SMILES string of the molecule is COC([Si])(OC)c1ccc([Si](C)C)cc1. The standard InChI is InChI=1S/C11H16O2Si2/c1-12-11(14,13-2)9-5-7-10(8-6-9)15(3)4/h5-8H,1-4H3. The maximum absolute atomic E-state index is 5.27. The van der Waals surface area contributed by atoms with E-state index in [0.29, 0.717) is 0 Å². The summed E-state index contributed by atoms with van der Waals surface area (Å²) in [6, 6.07) is 8.34. The second kappa shape index (κ2) is 5.07. The number of hydrogen-bond donors (Lipinski definition) is 0. The molecule has 4 heteroatoms. The summed E-state index contributed by atoms with van der Waals surface area (Å²) in [5.74, 6) is 0. The zero-order valence-corrected chi connectivity index (χ0v) is 11.6. The van der Waals surface area contributed by atoms with Crippen molar-refractivity contribution in [2.24, 2.45) is 0 Å². The number of benzene rings is 1. The largest absolute Gasteiger partial charge is 0.354 e. The van der Waals surface area contributed by atoms with Crippen LogP contribution in [0.1, 0.15) is 5.56 Å². The Morgan fingerprint density at radius 1 is 1.07 bits per heavy atom. The van der Waals surface area contributed by atoms with Crippen LogP contribution in [0.4, 0.5) is 0 Å². The van der Waals surface area contributed by atoms with Crippen molar-refractivity contribution < 1.29 is 9.47 Å². The fourth-order valence-electron chi connectivity index (χ4n) is 1.34. The van der Waals surface area contributed by atoms with E-state index in [-0.39, 0.29) is 8.80 Å². The van der Waals surface area contributed by atoms with Crippen molar-refractivity contribution in [2.75, 3.05) is 14.2 Å². The summed E-state index contributed by atoms with van der Waals surface area (Å²) >= 11 is 0. The third-order valence-corrected chi connectivity index (χ3v) is 4.60. The second-order valence-corrected chi connectivity index (χ2v) is 6.84. The lowest BCUT2D eigenvalue weighted by atomic mass is 10.2. The summed E-state index contributed by atoms with van der Waals surface area (Å²) in [6.45, 7) is 4.54. The lowest BCUT2D eigenvalue weighted by Crippen LogP contribution is -2.32. The van der Waals surface area contributed by atoms with Gasteiger partial charge in [-0.1, -0.05) is 42.5 Å². The van der Waals surface area contributed by atoms with Gasteiger partial charge in [-0.25, -0.2) is 0 Å². The Labute approximate surface area is 96.6 Å². The summed E-state index contributed by atoms with van der Waals surface area (Å²) in [7, 11) is 6.31. The van der Waals surface area contributed by atoms with E-state index >= 15 is 0 Å². The van der Waals surface area contributed by atoms with Crippen LogP contribution >= 0.6 is 0 Å². The van der Waals surface area contributed by atoms with E-state index in [0.717, 1.165) is 5.56 Å². The van der Waals surface area contributed by atoms with Crippen molar-refractivity contribution in [3.8, 4) is 0 Å². The molecule has 15 heavy (non-hydrogen) atoms. The van der Waals surface area contributed by atoms with Gasteiger partial charge in [0, 0.05) is 19.8 Å². The zero-order chi connectivity index (χ0) is 11.5. The van der Waals surface area contributed by atoms with Crippen LogP contribution in [-0.2, 0) is 14.9 Å². The topological polar surface area (TPSA) is 18.5 Å². The van der Waals surface area contributed by atoms with Crippen LogP contribution in [0.15, 0.2) is 24.3 Å². The predicted molar refractivity (Wildman–Crippen MR) is 65.0 cm³/mol. The molecule has 80 valence electrons. The minimum absolute atomic E-state index is 0.384. The molecule has 1 aromatic carbocycles. The highest BCUT2D eigenvalue weighted by atomic mass is 28.3. The molecule has 0 aromatic heterocycles. The number of ether oxygens (including phenoxy) is 2. The van der Waals surface area contributed by atoms with Gasteiger partial charge in [0.15, 0.2) is 5.41 Å². The van der Waals surface area contributed by atoms with Gasteiger partial charge in [-0.15, -0.1) is 0 Å². The molecule has 0 saturated carbocycles. The Balaban J connectivity index is 2.97. The van der Waals surface area contributed by atoms with Crippen LogP contribution in [0, 0.1) is 0 Å². The molecule has 0 atom stereocenters. The Morgan fingerprint density at radius 3 is 1.87 bits per heavy atom. The van der Waals surface area contributed by atoms with Crippen molar-refractivity contribution in [2.45, 2.75) is 18.5 Å². The van der Waals surface area contributed by atoms with Gasteiger partial charge in [-0.3, -0.25) is 0 Å².